The zero-order valence-corrected chi connectivity index (χ0v) is 25.8. The van der Waals surface area contributed by atoms with Gasteiger partial charge in [-0.2, -0.15) is 0 Å². The first-order chi connectivity index (χ1) is 20.0. The number of amides is 3. The maximum Gasteiger partial charge on any atom is 0.253 e. The highest BCUT2D eigenvalue weighted by Gasteiger charge is 2.39. The van der Waals surface area contributed by atoms with Crippen molar-refractivity contribution in [1.82, 2.24) is 20.9 Å². The zero-order valence-electron chi connectivity index (χ0n) is 25.8. The van der Waals surface area contributed by atoms with Gasteiger partial charge >= 0.3 is 0 Å². The van der Waals surface area contributed by atoms with Crippen LogP contribution in [0.1, 0.15) is 82.6 Å². The van der Waals surface area contributed by atoms with Crippen LogP contribution in [0.2, 0.25) is 0 Å². The first-order valence-electron chi connectivity index (χ1n) is 15.2. The molecule has 1 unspecified atom stereocenters. The molecule has 2 rings (SSSR count). The lowest BCUT2D eigenvalue weighted by Gasteiger charge is -2.34. The molecule has 0 saturated heterocycles. The molecule has 0 bridgehead atoms. The summed E-state index contributed by atoms with van der Waals surface area (Å²) in [6.45, 7) is 10.1. The highest BCUT2D eigenvalue weighted by molar-refractivity contribution is 5.97. The summed E-state index contributed by atoms with van der Waals surface area (Å²) in [5.74, 6) is -2.14. The van der Waals surface area contributed by atoms with E-state index in [1.165, 1.54) is 6.20 Å². The Balaban J connectivity index is 2.30. The van der Waals surface area contributed by atoms with E-state index in [1.54, 1.807) is 18.3 Å². The van der Waals surface area contributed by atoms with Gasteiger partial charge in [-0.3, -0.25) is 19.4 Å². The second-order valence-corrected chi connectivity index (χ2v) is 11.8. The SMILES string of the molecule is CCCCCCC(NC(=O)c1cccnc1)C(=O)N[C@@H](Cc1ccccc1)[C@@H](O)[C@H](O)[C@H](C(=O)NCC(C)C)C(C)C. The van der Waals surface area contributed by atoms with Crippen LogP contribution >= 0.6 is 0 Å². The van der Waals surface area contributed by atoms with Crippen molar-refractivity contribution in [1.29, 1.82) is 0 Å². The number of carbonyl (C=O) groups is 3. The van der Waals surface area contributed by atoms with Crippen LogP contribution in [0.3, 0.4) is 0 Å². The lowest BCUT2D eigenvalue weighted by Crippen LogP contribution is -2.58. The number of rotatable bonds is 18. The van der Waals surface area contributed by atoms with E-state index in [2.05, 4.69) is 27.9 Å². The maximum absolute atomic E-state index is 13.7. The molecule has 5 N–H and O–H groups in total. The molecule has 0 aliphatic carbocycles. The summed E-state index contributed by atoms with van der Waals surface area (Å²) in [7, 11) is 0. The van der Waals surface area contributed by atoms with Gasteiger partial charge < -0.3 is 26.2 Å². The van der Waals surface area contributed by atoms with Crippen molar-refractivity contribution < 1.29 is 24.6 Å². The number of benzene rings is 1. The van der Waals surface area contributed by atoms with Crippen molar-refractivity contribution in [3.05, 3.63) is 66.0 Å². The third kappa shape index (κ3) is 11.5. The molecule has 1 aromatic carbocycles. The minimum atomic E-state index is -1.44. The summed E-state index contributed by atoms with van der Waals surface area (Å²) < 4.78 is 0. The van der Waals surface area contributed by atoms with Gasteiger partial charge in [-0.25, -0.2) is 0 Å². The second kappa shape index (κ2) is 18.3. The average molecular weight is 583 g/mol. The van der Waals surface area contributed by atoms with Crippen molar-refractivity contribution in [2.24, 2.45) is 17.8 Å². The lowest BCUT2D eigenvalue weighted by molar-refractivity contribution is -0.136. The molecule has 9 heteroatoms. The number of nitrogens with one attached hydrogen (secondary N) is 3. The molecule has 42 heavy (non-hydrogen) atoms. The Morgan fingerprint density at radius 2 is 1.57 bits per heavy atom. The van der Waals surface area contributed by atoms with Gasteiger partial charge in [-0.1, -0.05) is 90.6 Å². The molecule has 0 aliphatic rings. The third-order valence-corrected chi connectivity index (χ3v) is 7.35. The number of aliphatic hydroxyl groups is 2. The Bertz CT molecular complexity index is 1080. The van der Waals surface area contributed by atoms with E-state index in [-0.39, 0.29) is 24.2 Å². The van der Waals surface area contributed by atoms with E-state index in [0.29, 0.717) is 18.5 Å². The molecular formula is C33H50N4O5. The van der Waals surface area contributed by atoms with E-state index in [1.807, 2.05) is 58.0 Å². The van der Waals surface area contributed by atoms with E-state index in [9.17, 15) is 24.6 Å². The Hall–Kier alpha value is -3.30. The summed E-state index contributed by atoms with van der Waals surface area (Å²) >= 11 is 0. The highest BCUT2D eigenvalue weighted by Crippen LogP contribution is 2.22. The smallest absolute Gasteiger partial charge is 0.253 e. The number of hydrogen-bond acceptors (Lipinski definition) is 6. The van der Waals surface area contributed by atoms with Crippen LogP contribution in [0, 0.1) is 17.8 Å². The molecule has 5 atom stereocenters. The molecular weight excluding hydrogens is 532 g/mol. The number of aliphatic hydroxyl groups excluding tert-OH is 2. The molecule has 1 heterocycles. The number of aromatic nitrogens is 1. The van der Waals surface area contributed by atoms with Crippen molar-refractivity contribution in [2.75, 3.05) is 6.54 Å². The van der Waals surface area contributed by atoms with Gasteiger partial charge in [0.25, 0.3) is 5.91 Å². The van der Waals surface area contributed by atoms with Crippen LogP contribution in [0.5, 0.6) is 0 Å². The predicted octanol–water partition coefficient (Wildman–Crippen LogP) is 3.64. The average Bonchev–Trinajstić information content (AvgIpc) is 2.97. The van der Waals surface area contributed by atoms with Gasteiger partial charge in [-0.05, 0) is 42.4 Å². The monoisotopic (exact) mass is 582 g/mol. The third-order valence-electron chi connectivity index (χ3n) is 7.35. The standard InChI is InChI=1S/C33H50N4O5/c1-6-7-8-12-17-26(36-31(40)25-16-13-18-34-21-25)32(41)37-27(19-24-14-10-9-11-15-24)29(38)30(39)28(23(4)5)33(42)35-20-22(2)3/h9-11,13-16,18,21-23,26-30,38-39H,6-8,12,17,19-20H2,1-5H3,(H,35,42)(H,36,40)(H,37,41)/t26?,27-,28+,29+,30+/m0/s1. The first-order valence-corrected chi connectivity index (χ1v) is 15.2. The Morgan fingerprint density at radius 1 is 0.857 bits per heavy atom. The van der Waals surface area contributed by atoms with E-state index in [0.717, 1.165) is 31.2 Å². The van der Waals surface area contributed by atoms with Crippen molar-refractivity contribution in [3.8, 4) is 0 Å². The molecule has 1 aromatic heterocycles. The summed E-state index contributed by atoms with van der Waals surface area (Å²) in [5.41, 5.74) is 1.19. The molecule has 0 aliphatic heterocycles. The molecule has 0 saturated carbocycles. The van der Waals surface area contributed by atoms with Crippen molar-refractivity contribution >= 4 is 17.7 Å². The number of unbranched alkanes of at least 4 members (excludes halogenated alkanes) is 3. The highest BCUT2D eigenvalue weighted by atomic mass is 16.3. The first kappa shape index (κ1) is 34.9. The van der Waals surface area contributed by atoms with Crippen LogP contribution < -0.4 is 16.0 Å². The van der Waals surface area contributed by atoms with Crippen LogP contribution in [0.25, 0.3) is 0 Å². The van der Waals surface area contributed by atoms with Crippen LogP contribution in [-0.2, 0) is 16.0 Å². The predicted molar refractivity (Wildman–Crippen MR) is 165 cm³/mol. The van der Waals surface area contributed by atoms with Gasteiger partial charge in [0, 0.05) is 18.9 Å². The summed E-state index contributed by atoms with van der Waals surface area (Å²) in [6.07, 6.45) is 4.48. The van der Waals surface area contributed by atoms with Crippen LogP contribution in [0.4, 0.5) is 0 Å². The summed E-state index contributed by atoms with van der Waals surface area (Å²) in [6, 6.07) is 10.9. The van der Waals surface area contributed by atoms with Crippen molar-refractivity contribution in [2.45, 2.75) is 97.4 Å². The fourth-order valence-corrected chi connectivity index (χ4v) is 4.92. The second-order valence-electron chi connectivity index (χ2n) is 11.8. The number of carbonyl (C=O) groups excluding carboxylic acids is 3. The molecule has 2 aromatic rings. The Labute approximate surface area is 250 Å². The Morgan fingerprint density at radius 3 is 2.17 bits per heavy atom. The van der Waals surface area contributed by atoms with Gasteiger partial charge in [0.05, 0.1) is 23.6 Å². The molecule has 0 fully saturated rings. The summed E-state index contributed by atoms with van der Waals surface area (Å²) in [5, 5.41) is 31.4. The minimum absolute atomic E-state index is 0.225. The van der Waals surface area contributed by atoms with E-state index >= 15 is 0 Å². The van der Waals surface area contributed by atoms with Gasteiger partial charge in [0.1, 0.15) is 12.1 Å². The zero-order chi connectivity index (χ0) is 31.1. The molecule has 0 spiro atoms. The van der Waals surface area contributed by atoms with Crippen molar-refractivity contribution in [3.63, 3.8) is 0 Å². The fourth-order valence-electron chi connectivity index (χ4n) is 4.92. The van der Waals surface area contributed by atoms with Gasteiger partial charge in [-0.15, -0.1) is 0 Å². The topological polar surface area (TPSA) is 141 Å². The Kier molecular flexibility index (Phi) is 15.2. The minimum Gasteiger partial charge on any atom is -0.390 e. The molecule has 9 nitrogen and oxygen atoms in total. The van der Waals surface area contributed by atoms with Crippen LogP contribution in [0.15, 0.2) is 54.9 Å². The number of pyridine rings is 1. The largest absolute Gasteiger partial charge is 0.390 e. The number of nitrogens with zero attached hydrogens (tertiary/aromatic N) is 1. The summed E-state index contributed by atoms with van der Waals surface area (Å²) in [4.78, 5) is 43.7. The van der Waals surface area contributed by atoms with Crippen LogP contribution in [-0.4, -0.2) is 63.8 Å². The normalized spacial score (nSPS) is 15.0. The van der Waals surface area contributed by atoms with Gasteiger partial charge in [0.15, 0.2) is 0 Å². The quantitative estimate of drug-likeness (QED) is 0.170. The van der Waals surface area contributed by atoms with E-state index < -0.39 is 42.0 Å². The lowest BCUT2D eigenvalue weighted by atomic mass is 9.83. The molecule has 3 amide bonds. The fraction of sp³-hybridized carbons (Fsp3) is 0.576. The van der Waals surface area contributed by atoms with E-state index in [4.69, 9.17) is 0 Å². The molecule has 232 valence electrons. The van der Waals surface area contributed by atoms with Gasteiger partial charge in [0.2, 0.25) is 11.8 Å². The molecule has 0 radical (unpaired) electrons. The maximum atomic E-state index is 13.7. The number of hydrogen-bond donors (Lipinski definition) is 5.